The molecule has 1 amide bonds. The molecule has 0 spiro atoms. The van der Waals surface area contributed by atoms with Crippen LogP contribution in [0.3, 0.4) is 0 Å². The van der Waals surface area contributed by atoms with Gasteiger partial charge in [-0.25, -0.2) is 0 Å². The van der Waals surface area contributed by atoms with Gasteiger partial charge in [-0.05, 0) is 70.6 Å². The van der Waals surface area contributed by atoms with Crippen LogP contribution >= 0.6 is 0 Å². The maximum absolute atomic E-state index is 13.3. The largest absolute Gasteiger partial charge is 0.394 e. The number of ether oxygens (including phenoxy) is 4. The zero-order valence-corrected chi connectivity index (χ0v) is 49.1. The first-order chi connectivity index (χ1) is 38.6. The normalized spacial score (nSPS) is 25.0. The second-order valence-electron chi connectivity index (χ2n) is 21.8. The summed E-state index contributed by atoms with van der Waals surface area (Å²) < 4.78 is 22.8. The third-order valence-electron chi connectivity index (χ3n) is 14.8. The van der Waals surface area contributed by atoms with E-state index in [4.69, 9.17) is 18.9 Å². The highest BCUT2D eigenvalue weighted by Gasteiger charge is 2.51. The number of nitrogens with one attached hydrogen (secondary N) is 1. The molecule has 9 N–H and O–H groups in total. The van der Waals surface area contributed by atoms with E-state index in [2.05, 4.69) is 92.1 Å². The number of carbonyl (C=O) groups excluding carboxylic acids is 1. The highest BCUT2D eigenvalue weighted by atomic mass is 16.7. The molecule has 12 atom stereocenters. The van der Waals surface area contributed by atoms with Crippen LogP contribution in [0.5, 0.6) is 0 Å². The van der Waals surface area contributed by atoms with Gasteiger partial charge in [0.05, 0.1) is 32.0 Å². The molecule has 0 radical (unpaired) electrons. The van der Waals surface area contributed by atoms with Gasteiger partial charge in [-0.2, -0.15) is 0 Å². The van der Waals surface area contributed by atoms with E-state index in [1.807, 2.05) is 6.08 Å². The lowest BCUT2D eigenvalue weighted by molar-refractivity contribution is -0.359. The van der Waals surface area contributed by atoms with Gasteiger partial charge in [-0.15, -0.1) is 0 Å². The summed E-state index contributed by atoms with van der Waals surface area (Å²) in [4.78, 5) is 13.3. The number of allylic oxidation sites excluding steroid dienone is 13. The highest BCUT2D eigenvalue weighted by molar-refractivity contribution is 5.76. The average Bonchev–Trinajstić information content (AvgIpc) is 3.46. The van der Waals surface area contributed by atoms with Crippen molar-refractivity contribution in [3.05, 3.63) is 85.1 Å². The number of hydrogen-bond donors (Lipinski definition) is 9. The lowest BCUT2D eigenvalue weighted by Crippen LogP contribution is -2.65. The zero-order chi connectivity index (χ0) is 57.4. The monoisotopic (exact) mass is 1120 g/mol. The van der Waals surface area contributed by atoms with Gasteiger partial charge in [-0.1, -0.05) is 234 Å². The Balaban J connectivity index is 1.74. The van der Waals surface area contributed by atoms with E-state index in [0.29, 0.717) is 6.42 Å². The van der Waals surface area contributed by atoms with E-state index in [1.165, 1.54) is 109 Å². The minimum absolute atomic E-state index is 0.250. The molecule has 0 aromatic carbocycles. The van der Waals surface area contributed by atoms with Gasteiger partial charge in [-0.3, -0.25) is 4.79 Å². The molecule has 14 heteroatoms. The summed E-state index contributed by atoms with van der Waals surface area (Å²) >= 11 is 0. The maximum atomic E-state index is 13.3. The molecule has 0 bridgehead atoms. The van der Waals surface area contributed by atoms with Gasteiger partial charge in [0, 0.05) is 6.42 Å². The molecule has 2 saturated heterocycles. The van der Waals surface area contributed by atoms with Gasteiger partial charge in [0.15, 0.2) is 12.6 Å². The molecule has 2 aliphatic heterocycles. The summed E-state index contributed by atoms with van der Waals surface area (Å²) in [7, 11) is 0. The van der Waals surface area contributed by atoms with Gasteiger partial charge in [0.25, 0.3) is 0 Å². The quantitative estimate of drug-likeness (QED) is 0.0204. The molecular weight excluding hydrogens is 1000 g/mol. The molecule has 2 fully saturated rings. The Kier molecular flexibility index (Phi) is 45.5. The van der Waals surface area contributed by atoms with E-state index >= 15 is 0 Å². The molecular formula is C65H113NO13. The van der Waals surface area contributed by atoms with Crippen molar-refractivity contribution in [2.75, 3.05) is 19.8 Å². The molecule has 0 saturated carbocycles. The van der Waals surface area contributed by atoms with Crippen molar-refractivity contribution in [1.29, 1.82) is 0 Å². The third kappa shape index (κ3) is 35.0. The van der Waals surface area contributed by atoms with Crippen LogP contribution in [0.4, 0.5) is 0 Å². The molecule has 2 heterocycles. The predicted octanol–water partition coefficient (Wildman–Crippen LogP) is 11.3. The van der Waals surface area contributed by atoms with E-state index in [9.17, 15) is 45.6 Å². The van der Waals surface area contributed by atoms with Crippen LogP contribution in [0, 0.1) is 0 Å². The van der Waals surface area contributed by atoms with Crippen molar-refractivity contribution in [2.24, 2.45) is 0 Å². The van der Waals surface area contributed by atoms with Crippen LogP contribution in [0.1, 0.15) is 226 Å². The first-order valence-electron chi connectivity index (χ1n) is 31.3. The summed E-state index contributed by atoms with van der Waals surface area (Å²) in [6.07, 6.45) is 50.4. The number of rotatable bonds is 49. The van der Waals surface area contributed by atoms with Crippen molar-refractivity contribution in [3.63, 3.8) is 0 Å². The van der Waals surface area contributed by atoms with Crippen molar-refractivity contribution < 1.29 is 64.6 Å². The fraction of sp³-hybridized carbons (Fsp3) is 0.769. The van der Waals surface area contributed by atoms with Gasteiger partial charge in [0.1, 0.15) is 48.8 Å². The Morgan fingerprint density at radius 2 is 0.873 bits per heavy atom. The predicted molar refractivity (Wildman–Crippen MR) is 318 cm³/mol. The second-order valence-corrected chi connectivity index (χ2v) is 21.8. The van der Waals surface area contributed by atoms with Crippen LogP contribution in [-0.2, 0) is 23.7 Å². The van der Waals surface area contributed by atoms with E-state index in [1.54, 1.807) is 6.08 Å². The summed E-state index contributed by atoms with van der Waals surface area (Å²) in [6, 6.07) is -0.925. The third-order valence-corrected chi connectivity index (χ3v) is 14.8. The first-order valence-corrected chi connectivity index (χ1v) is 31.3. The Morgan fingerprint density at radius 3 is 1.34 bits per heavy atom. The Morgan fingerprint density at radius 1 is 0.468 bits per heavy atom. The molecule has 456 valence electrons. The van der Waals surface area contributed by atoms with Crippen molar-refractivity contribution in [1.82, 2.24) is 5.32 Å². The van der Waals surface area contributed by atoms with Crippen LogP contribution in [0.2, 0.25) is 0 Å². The van der Waals surface area contributed by atoms with E-state index < -0.39 is 86.8 Å². The Bertz CT molecular complexity index is 1650. The number of hydrogen-bond acceptors (Lipinski definition) is 13. The number of aliphatic hydroxyl groups excluding tert-OH is 8. The maximum Gasteiger partial charge on any atom is 0.220 e. The lowest BCUT2D eigenvalue weighted by atomic mass is 9.97. The molecule has 0 aliphatic carbocycles. The lowest BCUT2D eigenvalue weighted by Gasteiger charge is -2.46. The standard InChI is InChI=1S/C65H113NO13/c1-3-5-7-9-11-13-15-17-19-21-23-24-25-26-27-28-29-30-31-33-35-37-39-41-43-45-47-49-57(70)66-53(54(69)48-46-44-42-40-38-36-34-32-22-20-18-16-14-12-10-8-6-4-2)52-76-64-62(75)60(73)63(56(51-68)78-64)79-65-61(74)59(72)58(71)55(50-67)77-65/h5,7,11,13,17,19,23-24,26-27,29-30,46,48,53-56,58-65,67-69,71-75H,3-4,6,8-10,12,14-16,18,20-22,25,28,31-45,47,49-52H2,1-2H3,(H,66,70)/b7-5-,13-11-,19-17-,24-23-,27-26-,30-29-,48-46+. The summed E-state index contributed by atoms with van der Waals surface area (Å²) in [5, 5.41) is 87.2. The first kappa shape index (κ1) is 72.3. The Labute approximate surface area is 478 Å². The van der Waals surface area contributed by atoms with Crippen LogP contribution in [0.15, 0.2) is 85.1 Å². The molecule has 14 nitrogen and oxygen atoms in total. The highest BCUT2D eigenvalue weighted by Crippen LogP contribution is 2.30. The fourth-order valence-corrected chi connectivity index (χ4v) is 9.82. The van der Waals surface area contributed by atoms with Crippen LogP contribution in [-0.4, -0.2) is 140 Å². The molecule has 0 aromatic heterocycles. The van der Waals surface area contributed by atoms with Crippen molar-refractivity contribution in [3.8, 4) is 0 Å². The zero-order valence-electron chi connectivity index (χ0n) is 49.1. The molecule has 2 rings (SSSR count). The number of aliphatic hydroxyl groups is 8. The van der Waals surface area contributed by atoms with E-state index in [0.717, 1.165) is 89.9 Å². The fourth-order valence-electron chi connectivity index (χ4n) is 9.82. The van der Waals surface area contributed by atoms with Crippen LogP contribution < -0.4 is 5.32 Å². The molecule has 79 heavy (non-hydrogen) atoms. The second kappa shape index (κ2) is 49.8. The summed E-state index contributed by atoms with van der Waals surface area (Å²) in [6.45, 7) is 2.68. The molecule has 12 unspecified atom stereocenters. The Hall–Kier alpha value is -2.83. The summed E-state index contributed by atoms with van der Waals surface area (Å²) in [5.74, 6) is -0.250. The molecule has 0 aromatic rings. The number of unbranched alkanes of at least 4 members (excludes halogenated alkanes) is 24. The van der Waals surface area contributed by atoms with Gasteiger partial charge in [0.2, 0.25) is 5.91 Å². The van der Waals surface area contributed by atoms with Gasteiger partial charge >= 0.3 is 0 Å². The van der Waals surface area contributed by atoms with Crippen molar-refractivity contribution in [2.45, 2.75) is 299 Å². The minimum Gasteiger partial charge on any atom is -0.394 e. The SMILES string of the molecule is CC/C=C\C/C=C\C/C=C\C/C=C\C/C=C\C/C=C\CCCCCCCCCCC(=O)NC(COC1OC(CO)C(OC2OC(CO)C(O)C(O)C2O)C(O)C1O)C(O)/C=C/CCCCCCCCCCCCCCCCCC. The molecule has 2 aliphatic rings. The summed E-state index contributed by atoms with van der Waals surface area (Å²) in [5.41, 5.74) is 0. The number of carbonyl (C=O) groups is 1. The minimum atomic E-state index is -1.79. The van der Waals surface area contributed by atoms with E-state index in [-0.39, 0.29) is 18.9 Å². The number of amides is 1. The van der Waals surface area contributed by atoms with Gasteiger partial charge < -0.3 is 65.1 Å². The van der Waals surface area contributed by atoms with Crippen LogP contribution in [0.25, 0.3) is 0 Å². The smallest absolute Gasteiger partial charge is 0.220 e. The average molecular weight is 1120 g/mol. The van der Waals surface area contributed by atoms with Crippen molar-refractivity contribution >= 4 is 5.91 Å². The topological polar surface area (TPSA) is 228 Å².